The van der Waals surface area contributed by atoms with Gasteiger partial charge in [-0.2, -0.15) is 4.68 Å². The number of hydrogen-bond acceptors (Lipinski definition) is 4. The highest BCUT2D eigenvalue weighted by Gasteiger charge is 2.15. The number of rotatable bonds is 7. The van der Waals surface area contributed by atoms with Crippen LogP contribution in [0.3, 0.4) is 0 Å². The quantitative estimate of drug-likeness (QED) is 0.452. The number of hydrogen-bond donors (Lipinski definition) is 0. The van der Waals surface area contributed by atoms with Crippen LogP contribution in [0.25, 0.3) is 22.5 Å². The van der Waals surface area contributed by atoms with Crippen molar-refractivity contribution < 1.29 is 4.74 Å². The van der Waals surface area contributed by atoms with Crippen LogP contribution in [0.5, 0.6) is 0 Å². The summed E-state index contributed by atoms with van der Waals surface area (Å²) in [6.45, 7) is 10.2. The molecule has 6 heteroatoms. The lowest BCUT2D eigenvalue weighted by molar-refractivity contribution is 0.0784. The van der Waals surface area contributed by atoms with Gasteiger partial charge in [0, 0.05) is 20.2 Å². The van der Waals surface area contributed by atoms with Gasteiger partial charge in [-0.05, 0) is 34.5 Å². The van der Waals surface area contributed by atoms with Crippen molar-refractivity contribution in [2.75, 3.05) is 6.61 Å². The fourth-order valence-electron chi connectivity index (χ4n) is 2.68. The molecule has 3 aromatic rings. The number of benzene rings is 2. The molecule has 1 aromatic heterocycles. The zero-order valence-corrected chi connectivity index (χ0v) is 16.9. The minimum Gasteiger partial charge on any atom is -0.359 e. The van der Waals surface area contributed by atoms with Gasteiger partial charge in [0.25, 0.3) is 0 Å². The molecule has 1 heterocycles. The summed E-state index contributed by atoms with van der Waals surface area (Å²) in [7, 11) is -1.10. The number of nitrogens with zero attached hydrogens (tertiary/aromatic N) is 4. The Hall–Kier alpha value is -2.31. The van der Waals surface area contributed by atoms with E-state index in [-0.39, 0.29) is 0 Å². The zero-order valence-electron chi connectivity index (χ0n) is 15.9. The molecule has 0 bridgehead atoms. The highest BCUT2D eigenvalue weighted by Crippen LogP contribution is 2.30. The van der Waals surface area contributed by atoms with Gasteiger partial charge in [-0.1, -0.05) is 73.7 Å². The fraction of sp³-hybridized carbons (Fsp3) is 0.350. The molecule has 0 radical (unpaired) electrons. The smallest absolute Gasteiger partial charge is 0.185 e. The van der Waals surface area contributed by atoms with Crippen molar-refractivity contribution in [2.45, 2.75) is 39.3 Å². The van der Waals surface area contributed by atoms with Crippen LogP contribution in [-0.2, 0) is 11.5 Å². The molecule has 136 valence electrons. The second kappa shape index (κ2) is 7.93. The van der Waals surface area contributed by atoms with Gasteiger partial charge in [0.1, 0.15) is 6.73 Å². The van der Waals surface area contributed by atoms with Gasteiger partial charge in [0.15, 0.2) is 5.82 Å². The maximum atomic E-state index is 5.83. The van der Waals surface area contributed by atoms with E-state index in [0.29, 0.717) is 6.73 Å². The lowest BCUT2D eigenvalue weighted by atomic mass is 9.98. The zero-order chi connectivity index (χ0) is 18.6. The first-order valence-corrected chi connectivity index (χ1v) is 12.7. The van der Waals surface area contributed by atoms with Crippen LogP contribution >= 0.6 is 0 Å². The van der Waals surface area contributed by atoms with E-state index in [2.05, 4.69) is 78.5 Å². The first kappa shape index (κ1) is 18.5. The number of ether oxygens (including phenoxy) is 1. The summed E-state index contributed by atoms with van der Waals surface area (Å²) < 4.78 is 7.57. The molecule has 0 atom stereocenters. The summed E-state index contributed by atoms with van der Waals surface area (Å²) in [5.74, 6) is 0.731. The monoisotopic (exact) mass is 366 g/mol. The highest BCUT2D eigenvalue weighted by atomic mass is 28.3. The Labute approximate surface area is 156 Å². The summed E-state index contributed by atoms with van der Waals surface area (Å²) in [6, 6.07) is 17.8. The van der Waals surface area contributed by atoms with Gasteiger partial charge in [-0.15, -0.1) is 5.10 Å². The Morgan fingerprint density at radius 1 is 0.962 bits per heavy atom. The molecule has 0 unspecified atom stereocenters. The van der Waals surface area contributed by atoms with E-state index in [1.165, 1.54) is 5.56 Å². The van der Waals surface area contributed by atoms with Crippen molar-refractivity contribution in [3.63, 3.8) is 0 Å². The predicted molar refractivity (Wildman–Crippen MR) is 108 cm³/mol. The SMILES string of the molecule is Cc1ccc(-c2ccccc2-c2nnnn2COCC[Si](C)(C)C)cc1. The number of aryl methyl sites for hydroxylation is 1. The first-order chi connectivity index (χ1) is 12.4. The third-order valence-corrected chi connectivity index (χ3v) is 5.98. The Balaban J connectivity index is 1.82. The summed E-state index contributed by atoms with van der Waals surface area (Å²) >= 11 is 0. The Morgan fingerprint density at radius 2 is 1.65 bits per heavy atom. The van der Waals surface area contributed by atoms with Crippen molar-refractivity contribution in [3.8, 4) is 22.5 Å². The summed E-state index contributed by atoms with van der Waals surface area (Å²) in [5, 5.41) is 12.2. The van der Waals surface area contributed by atoms with Gasteiger partial charge >= 0.3 is 0 Å². The molecule has 26 heavy (non-hydrogen) atoms. The van der Waals surface area contributed by atoms with Crippen LogP contribution in [0.15, 0.2) is 48.5 Å². The van der Waals surface area contributed by atoms with Crippen molar-refractivity contribution in [2.24, 2.45) is 0 Å². The van der Waals surface area contributed by atoms with Crippen molar-refractivity contribution in [3.05, 3.63) is 54.1 Å². The van der Waals surface area contributed by atoms with E-state index in [0.717, 1.165) is 35.2 Å². The minimum atomic E-state index is -1.10. The molecule has 0 spiro atoms. The molecule has 3 rings (SSSR count). The van der Waals surface area contributed by atoms with Gasteiger partial charge in [-0.25, -0.2) is 0 Å². The molecule has 0 aliphatic carbocycles. The van der Waals surface area contributed by atoms with Gasteiger partial charge in [0.05, 0.1) is 0 Å². The van der Waals surface area contributed by atoms with E-state index >= 15 is 0 Å². The minimum absolute atomic E-state index is 0.370. The van der Waals surface area contributed by atoms with Crippen molar-refractivity contribution >= 4 is 8.07 Å². The van der Waals surface area contributed by atoms with E-state index in [4.69, 9.17) is 4.74 Å². The Kier molecular flexibility index (Phi) is 5.63. The molecule has 0 aliphatic rings. The Bertz CT molecular complexity index is 853. The third-order valence-electron chi connectivity index (χ3n) is 4.27. The second-order valence-corrected chi connectivity index (χ2v) is 13.4. The van der Waals surface area contributed by atoms with Crippen LogP contribution in [-0.4, -0.2) is 34.9 Å². The van der Waals surface area contributed by atoms with Crippen LogP contribution < -0.4 is 0 Å². The van der Waals surface area contributed by atoms with Gasteiger partial charge in [-0.3, -0.25) is 0 Å². The number of aromatic nitrogens is 4. The summed E-state index contributed by atoms with van der Waals surface area (Å²) in [6.07, 6.45) is 0. The molecule has 0 fully saturated rings. The van der Waals surface area contributed by atoms with Crippen LogP contribution in [0.2, 0.25) is 25.7 Å². The highest BCUT2D eigenvalue weighted by molar-refractivity contribution is 6.76. The standard InChI is InChI=1S/C20H26N4OSi/c1-16-9-11-17(12-10-16)18-7-5-6-8-19(18)20-21-22-23-24(20)15-25-13-14-26(2,3)4/h5-12H,13-15H2,1-4H3. The first-order valence-electron chi connectivity index (χ1n) is 8.94. The predicted octanol–water partition coefficient (Wildman–Crippen LogP) is 4.63. The van der Waals surface area contributed by atoms with E-state index < -0.39 is 8.07 Å². The Morgan fingerprint density at radius 3 is 2.35 bits per heavy atom. The normalized spacial score (nSPS) is 11.7. The van der Waals surface area contributed by atoms with E-state index in [1.54, 1.807) is 4.68 Å². The van der Waals surface area contributed by atoms with E-state index in [9.17, 15) is 0 Å². The fourth-order valence-corrected chi connectivity index (χ4v) is 3.43. The molecular weight excluding hydrogens is 340 g/mol. The van der Waals surface area contributed by atoms with Gasteiger partial charge in [0.2, 0.25) is 0 Å². The molecule has 5 nitrogen and oxygen atoms in total. The van der Waals surface area contributed by atoms with Crippen LogP contribution in [0, 0.1) is 6.92 Å². The lowest BCUT2D eigenvalue weighted by Gasteiger charge is -2.15. The van der Waals surface area contributed by atoms with E-state index in [1.807, 2.05) is 12.1 Å². The topological polar surface area (TPSA) is 52.8 Å². The van der Waals surface area contributed by atoms with Crippen LogP contribution in [0.4, 0.5) is 0 Å². The van der Waals surface area contributed by atoms with Gasteiger partial charge < -0.3 is 4.74 Å². The molecule has 0 saturated carbocycles. The van der Waals surface area contributed by atoms with Crippen molar-refractivity contribution in [1.82, 2.24) is 20.2 Å². The number of tetrazole rings is 1. The average molecular weight is 367 g/mol. The maximum Gasteiger partial charge on any atom is 0.185 e. The maximum absolute atomic E-state index is 5.83. The molecular formula is C20H26N4OSi. The molecule has 0 saturated heterocycles. The molecule has 0 N–H and O–H groups in total. The average Bonchev–Trinajstić information content (AvgIpc) is 3.07. The summed E-state index contributed by atoms with van der Waals surface area (Å²) in [4.78, 5) is 0. The van der Waals surface area contributed by atoms with Crippen LogP contribution in [0.1, 0.15) is 5.56 Å². The van der Waals surface area contributed by atoms with Crippen molar-refractivity contribution in [1.29, 1.82) is 0 Å². The summed E-state index contributed by atoms with van der Waals surface area (Å²) in [5.41, 5.74) is 4.52. The molecule has 0 amide bonds. The molecule has 0 aliphatic heterocycles. The largest absolute Gasteiger partial charge is 0.359 e. The molecule has 2 aromatic carbocycles. The lowest BCUT2D eigenvalue weighted by Crippen LogP contribution is -2.22. The second-order valence-electron chi connectivity index (χ2n) is 7.76. The third kappa shape index (κ3) is 4.65.